The summed E-state index contributed by atoms with van der Waals surface area (Å²) in [6, 6.07) is -0.657. The van der Waals surface area contributed by atoms with Crippen LogP contribution in [0.2, 0.25) is 0 Å². The Hall–Kier alpha value is -0.610. The standard InChI is InChI=1S/C6H13NO3/c1-3-4(8)5(7)6(9)10-2/h4-5,8H,3,7H2,1-2H3/p+1/t4-,5+/m1/s1. The quantitative estimate of drug-likeness (QED) is 0.480. The second-order valence-electron chi connectivity index (χ2n) is 2.11. The molecule has 0 bridgehead atoms. The number of rotatable bonds is 3. The van der Waals surface area contributed by atoms with Crippen LogP contribution < -0.4 is 5.73 Å². The first-order valence-electron chi connectivity index (χ1n) is 3.22. The van der Waals surface area contributed by atoms with Crippen LogP contribution in [-0.2, 0) is 9.53 Å². The maximum Gasteiger partial charge on any atom is 0.367 e. The van der Waals surface area contributed by atoms with Crippen molar-refractivity contribution in [3.05, 3.63) is 0 Å². The highest BCUT2D eigenvalue weighted by molar-refractivity contribution is 5.74. The first kappa shape index (κ1) is 9.39. The molecule has 0 aliphatic rings. The molecule has 0 aromatic carbocycles. The lowest BCUT2D eigenvalue weighted by molar-refractivity contribution is -0.425. The van der Waals surface area contributed by atoms with Gasteiger partial charge in [0, 0.05) is 0 Å². The average molecular weight is 148 g/mol. The van der Waals surface area contributed by atoms with Crippen molar-refractivity contribution in [2.45, 2.75) is 25.5 Å². The molecular weight excluding hydrogens is 134 g/mol. The molecule has 0 heterocycles. The summed E-state index contributed by atoms with van der Waals surface area (Å²) in [6.07, 6.45) is -0.170. The lowest BCUT2D eigenvalue weighted by Gasteiger charge is -2.10. The van der Waals surface area contributed by atoms with Gasteiger partial charge in [0.1, 0.15) is 6.10 Å². The second kappa shape index (κ2) is 4.24. The Bertz CT molecular complexity index is 116. The van der Waals surface area contributed by atoms with Gasteiger partial charge in [0.15, 0.2) is 0 Å². The molecule has 4 N–H and O–H groups in total. The predicted molar refractivity (Wildman–Crippen MR) is 35.0 cm³/mol. The molecule has 0 spiro atoms. The molecule has 0 rings (SSSR count). The third kappa shape index (κ3) is 2.33. The van der Waals surface area contributed by atoms with E-state index in [0.717, 1.165) is 0 Å². The Kier molecular flexibility index (Phi) is 3.99. The van der Waals surface area contributed by atoms with Gasteiger partial charge in [-0.15, -0.1) is 0 Å². The van der Waals surface area contributed by atoms with Gasteiger partial charge in [-0.1, -0.05) is 6.92 Å². The fourth-order valence-electron chi connectivity index (χ4n) is 0.593. The summed E-state index contributed by atoms with van der Waals surface area (Å²) in [5.74, 6) is -0.464. The Labute approximate surface area is 60.0 Å². The monoisotopic (exact) mass is 148 g/mol. The lowest BCUT2D eigenvalue weighted by Crippen LogP contribution is -2.70. The Balaban J connectivity index is 3.81. The molecule has 10 heavy (non-hydrogen) atoms. The fraction of sp³-hybridized carbons (Fsp3) is 0.833. The molecule has 0 fully saturated rings. The van der Waals surface area contributed by atoms with E-state index in [-0.39, 0.29) is 0 Å². The number of methoxy groups -OCH3 is 1. The molecule has 0 saturated carbocycles. The van der Waals surface area contributed by atoms with Crippen LogP contribution in [0, 0.1) is 0 Å². The summed E-state index contributed by atoms with van der Waals surface area (Å²) in [5.41, 5.74) is 3.46. The zero-order valence-electron chi connectivity index (χ0n) is 6.33. The van der Waals surface area contributed by atoms with Crippen LogP contribution in [0.5, 0.6) is 0 Å². The van der Waals surface area contributed by atoms with Gasteiger partial charge in [-0.05, 0) is 6.42 Å². The van der Waals surface area contributed by atoms with E-state index in [1.54, 1.807) is 6.92 Å². The van der Waals surface area contributed by atoms with Crippen molar-refractivity contribution in [1.82, 2.24) is 0 Å². The maximum absolute atomic E-state index is 10.7. The van der Waals surface area contributed by atoms with Crippen molar-refractivity contribution in [2.75, 3.05) is 7.11 Å². The van der Waals surface area contributed by atoms with Gasteiger partial charge < -0.3 is 15.6 Å². The molecular formula is C6H14NO3+. The van der Waals surface area contributed by atoms with Gasteiger partial charge >= 0.3 is 5.97 Å². The van der Waals surface area contributed by atoms with E-state index in [9.17, 15) is 4.79 Å². The Morgan fingerprint density at radius 2 is 2.30 bits per heavy atom. The molecule has 0 aliphatic carbocycles. The Morgan fingerprint density at radius 1 is 1.80 bits per heavy atom. The fourth-order valence-corrected chi connectivity index (χ4v) is 0.593. The van der Waals surface area contributed by atoms with Gasteiger partial charge in [0.05, 0.1) is 7.11 Å². The van der Waals surface area contributed by atoms with Crippen molar-refractivity contribution in [2.24, 2.45) is 0 Å². The first-order chi connectivity index (χ1) is 4.63. The summed E-state index contributed by atoms with van der Waals surface area (Å²) in [4.78, 5) is 10.7. The molecule has 0 unspecified atom stereocenters. The summed E-state index contributed by atoms with van der Waals surface area (Å²) < 4.78 is 4.37. The number of carbonyl (C=O) groups is 1. The molecule has 0 amide bonds. The molecule has 2 atom stereocenters. The number of hydrogen-bond donors (Lipinski definition) is 2. The molecule has 0 aromatic rings. The number of hydrogen-bond acceptors (Lipinski definition) is 3. The molecule has 4 nitrogen and oxygen atoms in total. The van der Waals surface area contributed by atoms with E-state index >= 15 is 0 Å². The van der Waals surface area contributed by atoms with Crippen LogP contribution in [0.25, 0.3) is 0 Å². The minimum atomic E-state index is -0.688. The van der Waals surface area contributed by atoms with E-state index in [4.69, 9.17) is 5.11 Å². The van der Waals surface area contributed by atoms with Crippen LogP contribution in [0.15, 0.2) is 0 Å². The minimum Gasteiger partial charge on any atom is -0.465 e. The molecule has 0 radical (unpaired) electrons. The summed E-state index contributed by atoms with van der Waals surface area (Å²) in [7, 11) is 1.28. The van der Waals surface area contributed by atoms with Crippen molar-refractivity contribution in [3.8, 4) is 0 Å². The van der Waals surface area contributed by atoms with Crippen LogP contribution in [0.3, 0.4) is 0 Å². The van der Waals surface area contributed by atoms with Crippen molar-refractivity contribution in [3.63, 3.8) is 0 Å². The van der Waals surface area contributed by atoms with Crippen LogP contribution in [0.1, 0.15) is 13.3 Å². The molecule has 0 saturated heterocycles. The number of aliphatic hydroxyl groups excluding tert-OH is 1. The molecule has 0 aromatic heterocycles. The molecule has 0 aliphatic heterocycles. The number of aliphatic hydroxyl groups is 1. The van der Waals surface area contributed by atoms with E-state index < -0.39 is 18.1 Å². The maximum atomic E-state index is 10.7. The SMILES string of the molecule is CC[C@@H](O)[C@H]([NH3+])C(=O)OC. The van der Waals surface area contributed by atoms with E-state index in [1.165, 1.54) is 7.11 Å². The number of ether oxygens (including phenoxy) is 1. The third-order valence-corrected chi connectivity index (χ3v) is 1.39. The van der Waals surface area contributed by atoms with Gasteiger partial charge in [-0.2, -0.15) is 0 Å². The summed E-state index contributed by atoms with van der Waals surface area (Å²) in [5, 5.41) is 9.06. The average Bonchev–Trinajstić information content (AvgIpc) is 2.00. The van der Waals surface area contributed by atoms with Crippen molar-refractivity contribution >= 4 is 5.97 Å². The number of quaternary nitrogens is 1. The topological polar surface area (TPSA) is 74.2 Å². The first-order valence-corrected chi connectivity index (χ1v) is 3.22. The van der Waals surface area contributed by atoms with E-state index in [0.29, 0.717) is 6.42 Å². The van der Waals surface area contributed by atoms with Gasteiger partial charge in [-0.3, -0.25) is 0 Å². The van der Waals surface area contributed by atoms with Crippen LogP contribution in [-0.4, -0.2) is 30.3 Å². The zero-order chi connectivity index (χ0) is 8.15. The minimum absolute atomic E-state index is 0.464. The van der Waals surface area contributed by atoms with E-state index in [1.807, 2.05) is 0 Å². The van der Waals surface area contributed by atoms with E-state index in [2.05, 4.69) is 10.5 Å². The number of esters is 1. The highest BCUT2D eigenvalue weighted by Crippen LogP contribution is 1.94. The van der Waals surface area contributed by atoms with Gasteiger partial charge in [0.25, 0.3) is 0 Å². The summed E-state index contributed by atoms with van der Waals surface area (Å²) >= 11 is 0. The van der Waals surface area contributed by atoms with Crippen molar-refractivity contribution < 1.29 is 20.4 Å². The van der Waals surface area contributed by atoms with Crippen LogP contribution >= 0.6 is 0 Å². The number of carbonyl (C=O) groups excluding carboxylic acids is 1. The molecule has 60 valence electrons. The zero-order valence-corrected chi connectivity index (χ0v) is 6.33. The third-order valence-electron chi connectivity index (χ3n) is 1.39. The highest BCUT2D eigenvalue weighted by Gasteiger charge is 2.25. The predicted octanol–water partition coefficient (Wildman–Crippen LogP) is -1.46. The summed E-state index contributed by atoms with van der Waals surface area (Å²) in [6.45, 7) is 1.78. The highest BCUT2D eigenvalue weighted by atomic mass is 16.5. The van der Waals surface area contributed by atoms with Crippen LogP contribution in [0.4, 0.5) is 0 Å². The second-order valence-corrected chi connectivity index (χ2v) is 2.11. The Morgan fingerprint density at radius 3 is 2.60 bits per heavy atom. The van der Waals surface area contributed by atoms with Crippen molar-refractivity contribution in [1.29, 1.82) is 0 Å². The lowest BCUT2D eigenvalue weighted by atomic mass is 10.1. The van der Waals surface area contributed by atoms with Gasteiger partial charge in [0.2, 0.25) is 6.04 Å². The normalized spacial score (nSPS) is 16.0. The smallest absolute Gasteiger partial charge is 0.367 e. The van der Waals surface area contributed by atoms with Gasteiger partial charge in [-0.25, -0.2) is 4.79 Å². The largest absolute Gasteiger partial charge is 0.465 e. The molecule has 4 heteroatoms.